The first kappa shape index (κ1) is 17.4. The molecule has 0 unspecified atom stereocenters. The Balaban J connectivity index is 1.47. The number of piperazine rings is 1. The Labute approximate surface area is 157 Å². The van der Waals surface area contributed by atoms with E-state index in [0.29, 0.717) is 36.1 Å². The van der Waals surface area contributed by atoms with Crippen LogP contribution in [0.1, 0.15) is 37.9 Å². The summed E-state index contributed by atoms with van der Waals surface area (Å²) >= 11 is 1.28. The maximum absolute atomic E-state index is 12.8. The third kappa shape index (κ3) is 3.32. The van der Waals surface area contributed by atoms with Gasteiger partial charge in [0.15, 0.2) is 5.78 Å². The Kier molecular flexibility index (Phi) is 4.89. The number of Topliss-reactive ketones (excluding diaryl/α,β-unsaturated/α-hetero) is 1. The van der Waals surface area contributed by atoms with Crippen LogP contribution in [-0.2, 0) is 4.74 Å². The number of hydrogen-bond donors (Lipinski definition) is 0. The lowest BCUT2D eigenvalue weighted by molar-refractivity contribution is -0.0769. The van der Waals surface area contributed by atoms with Gasteiger partial charge in [-0.05, 0) is 24.6 Å². The second-order valence-electron chi connectivity index (χ2n) is 6.83. The zero-order valence-corrected chi connectivity index (χ0v) is 15.6. The van der Waals surface area contributed by atoms with Crippen molar-refractivity contribution in [1.82, 2.24) is 9.80 Å². The summed E-state index contributed by atoms with van der Waals surface area (Å²) in [4.78, 5) is 29.9. The van der Waals surface area contributed by atoms with E-state index < -0.39 is 0 Å². The Morgan fingerprint density at radius 1 is 1.04 bits per heavy atom. The van der Waals surface area contributed by atoms with Crippen LogP contribution < -0.4 is 0 Å². The fourth-order valence-corrected chi connectivity index (χ4v) is 4.65. The maximum Gasteiger partial charge on any atom is 0.264 e. The van der Waals surface area contributed by atoms with Crippen LogP contribution in [0.3, 0.4) is 0 Å². The molecule has 2 aliphatic heterocycles. The maximum atomic E-state index is 12.8. The van der Waals surface area contributed by atoms with E-state index in [1.54, 1.807) is 12.1 Å². The van der Waals surface area contributed by atoms with Crippen LogP contribution in [0.5, 0.6) is 0 Å². The number of nitrogens with zero attached hydrogens (tertiary/aromatic N) is 2. The van der Waals surface area contributed by atoms with Crippen molar-refractivity contribution in [3.63, 3.8) is 0 Å². The van der Waals surface area contributed by atoms with Gasteiger partial charge in [-0.2, -0.15) is 0 Å². The molecule has 0 N–H and O–H groups in total. The molecular weight excluding hydrogens is 348 g/mol. The van der Waals surface area contributed by atoms with Crippen molar-refractivity contribution < 1.29 is 14.3 Å². The summed E-state index contributed by atoms with van der Waals surface area (Å²) in [6.45, 7) is 5.07. The van der Waals surface area contributed by atoms with E-state index in [-0.39, 0.29) is 23.8 Å². The van der Waals surface area contributed by atoms with Gasteiger partial charge in [-0.15, -0.1) is 11.3 Å². The van der Waals surface area contributed by atoms with Crippen LogP contribution in [0.4, 0.5) is 0 Å². The molecular formula is C20H22N2O3S. The number of ketones is 1. The number of amides is 1. The molecule has 26 heavy (non-hydrogen) atoms. The predicted molar refractivity (Wildman–Crippen MR) is 101 cm³/mol. The van der Waals surface area contributed by atoms with Crippen LogP contribution in [0.15, 0.2) is 42.5 Å². The lowest BCUT2D eigenvalue weighted by Crippen LogP contribution is -2.59. The molecule has 2 saturated heterocycles. The third-order valence-corrected chi connectivity index (χ3v) is 6.32. The average molecular weight is 370 g/mol. The molecule has 2 fully saturated rings. The Morgan fingerprint density at radius 2 is 1.81 bits per heavy atom. The van der Waals surface area contributed by atoms with Crippen LogP contribution >= 0.6 is 11.3 Å². The van der Waals surface area contributed by atoms with Crippen molar-refractivity contribution in [2.24, 2.45) is 0 Å². The molecule has 1 amide bonds. The van der Waals surface area contributed by atoms with Crippen LogP contribution in [-0.4, -0.2) is 60.4 Å². The van der Waals surface area contributed by atoms with E-state index >= 15 is 0 Å². The summed E-state index contributed by atoms with van der Waals surface area (Å²) in [6.07, 6.45) is 0. The number of ether oxygens (including phenoxy) is 1. The molecule has 0 radical (unpaired) electrons. The molecule has 0 bridgehead atoms. The van der Waals surface area contributed by atoms with Crippen molar-refractivity contribution in [2.75, 3.05) is 32.8 Å². The zero-order chi connectivity index (χ0) is 18.1. The molecule has 2 atom stereocenters. The molecule has 0 aliphatic carbocycles. The number of carbonyl (C=O) groups is 2. The summed E-state index contributed by atoms with van der Waals surface area (Å²) < 4.78 is 5.85. The highest BCUT2D eigenvalue weighted by molar-refractivity contribution is 7.15. The van der Waals surface area contributed by atoms with E-state index in [9.17, 15) is 9.59 Å². The lowest BCUT2D eigenvalue weighted by atomic mass is 10.00. The summed E-state index contributed by atoms with van der Waals surface area (Å²) in [5.41, 5.74) is 1.27. The minimum absolute atomic E-state index is 0.00486. The largest absolute Gasteiger partial charge is 0.378 e. The van der Waals surface area contributed by atoms with Gasteiger partial charge in [0, 0.05) is 19.6 Å². The molecule has 0 saturated carbocycles. The fraction of sp³-hybridized carbons (Fsp3) is 0.400. The molecule has 6 heteroatoms. The first-order valence-corrected chi connectivity index (χ1v) is 9.73. The summed E-state index contributed by atoms with van der Waals surface area (Å²) in [6, 6.07) is 14.4. The van der Waals surface area contributed by atoms with Gasteiger partial charge in [-0.1, -0.05) is 30.3 Å². The minimum atomic E-state index is 0.00486. The fourth-order valence-electron chi connectivity index (χ4n) is 3.78. The first-order chi connectivity index (χ1) is 12.6. The van der Waals surface area contributed by atoms with E-state index in [2.05, 4.69) is 29.2 Å². The molecule has 1 aromatic carbocycles. The van der Waals surface area contributed by atoms with E-state index in [4.69, 9.17) is 4.74 Å². The van der Waals surface area contributed by atoms with Crippen molar-refractivity contribution >= 4 is 23.0 Å². The van der Waals surface area contributed by atoms with E-state index in [1.165, 1.54) is 23.8 Å². The summed E-state index contributed by atoms with van der Waals surface area (Å²) in [5.74, 6) is 0.0224. The average Bonchev–Trinajstić information content (AvgIpc) is 3.18. The monoisotopic (exact) mass is 370 g/mol. The van der Waals surface area contributed by atoms with E-state index in [1.807, 2.05) is 11.0 Å². The van der Waals surface area contributed by atoms with Gasteiger partial charge in [0.25, 0.3) is 5.91 Å². The predicted octanol–water partition coefficient (Wildman–Crippen LogP) is 2.85. The molecule has 4 rings (SSSR count). The van der Waals surface area contributed by atoms with Crippen molar-refractivity contribution in [3.05, 3.63) is 57.8 Å². The quantitative estimate of drug-likeness (QED) is 0.780. The number of morpholine rings is 1. The Bertz CT molecular complexity index is 804. The number of thiophene rings is 1. The topological polar surface area (TPSA) is 49.9 Å². The standard InChI is InChI=1S/C20H22N2O3S/c1-14(23)18-7-8-19(26-18)20(24)21-9-10-22-16(11-21)12-25-13-17(22)15-5-3-2-4-6-15/h2-8,16-17H,9-13H2,1H3/t16-,17-/m1/s1. The molecule has 1 aromatic heterocycles. The van der Waals surface area contributed by atoms with Crippen LogP contribution in [0, 0.1) is 0 Å². The highest BCUT2D eigenvalue weighted by Gasteiger charge is 2.37. The Hall–Kier alpha value is -2.02. The van der Waals surface area contributed by atoms with Gasteiger partial charge in [-0.25, -0.2) is 0 Å². The second kappa shape index (κ2) is 7.31. The molecule has 2 aromatic rings. The number of benzene rings is 1. The number of rotatable bonds is 3. The van der Waals surface area contributed by atoms with Crippen molar-refractivity contribution in [1.29, 1.82) is 0 Å². The second-order valence-corrected chi connectivity index (χ2v) is 7.91. The zero-order valence-electron chi connectivity index (χ0n) is 14.8. The van der Waals surface area contributed by atoms with Crippen LogP contribution in [0.2, 0.25) is 0 Å². The molecule has 0 spiro atoms. The van der Waals surface area contributed by atoms with Gasteiger partial charge in [0.05, 0.1) is 35.1 Å². The molecule has 136 valence electrons. The summed E-state index contributed by atoms with van der Waals surface area (Å²) in [7, 11) is 0. The number of hydrogen-bond acceptors (Lipinski definition) is 5. The SMILES string of the molecule is CC(=O)c1ccc(C(=O)N2CCN3[C@@H](COC[C@@H]3c3ccccc3)C2)s1. The van der Waals surface area contributed by atoms with Crippen molar-refractivity contribution in [3.8, 4) is 0 Å². The highest BCUT2D eigenvalue weighted by Crippen LogP contribution is 2.30. The lowest BCUT2D eigenvalue weighted by Gasteiger charge is -2.48. The van der Waals surface area contributed by atoms with Gasteiger partial charge >= 0.3 is 0 Å². The van der Waals surface area contributed by atoms with Crippen LogP contribution in [0.25, 0.3) is 0 Å². The third-order valence-electron chi connectivity index (χ3n) is 5.15. The number of carbonyl (C=O) groups excluding carboxylic acids is 2. The van der Waals surface area contributed by atoms with Gasteiger partial charge in [0.1, 0.15) is 0 Å². The molecule has 2 aliphatic rings. The smallest absolute Gasteiger partial charge is 0.264 e. The summed E-state index contributed by atoms with van der Waals surface area (Å²) in [5, 5.41) is 0. The van der Waals surface area contributed by atoms with E-state index in [0.717, 1.165) is 6.54 Å². The normalized spacial score (nSPS) is 23.5. The molecule has 3 heterocycles. The van der Waals surface area contributed by atoms with Crippen molar-refractivity contribution in [2.45, 2.75) is 19.0 Å². The first-order valence-electron chi connectivity index (χ1n) is 8.92. The van der Waals surface area contributed by atoms with Gasteiger partial charge in [-0.3, -0.25) is 14.5 Å². The Morgan fingerprint density at radius 3 is 2.54 bits per heavy atom. The molecule has 5 nitrogen and oxygen atoms in total. The van der Waals surface area contributed by atoms with Gasteiger partial charge in [0.2, 0.25) is 0 Å². The highest BCUT2D eigenvalue weighted by atomic mass is 32.1. The minimum Gasteiger partial charge on any atom is -0.378 e. The van der Waals surface area contributed by atoms with Gasteiger partial charge < -0.3 is 9.64 Å². The number of fused-ring (bicyclic) bond motifs is 1.